The maximum atomic E-state index is 5.98. The van der Waals surface area contributed by atoms with Crippen molar-refractivity contribution in [2.24, 2.45) is 0 Å². The summed E-state index contributed by atoms with van der Waals surface area (Å²) < 4.78 is 11.4. The third-order valence-electron chi connectivity index (χ3n) is 3.22. The number of morpholine rings is 1. The summed E-state index contributed by atoms with van der Waals surface area (Å²) in [5.74, 6) is 0.830. The first-order valence-electron chi connectivity index (χ1n) is 6.91. The van der Waals surface area contributed by atoms with Gasteiger partial charge in [-0.25, -0.2) is 0 Å². The third-order valence-corrected chi connectivity index (χ3v) is 3.22. The molecule has 0 radical (unpaired) electrons. The van der Waals surface area contributed by atoms with Crippen LogP contribution in [0.2, 0.25) is 0 Å². The molecule has 1 aromatic rings. The van der Waals surface area contributed by atoms with Crippen molar-refractivity contribution in [3.05, 3.63) is 18.2 Å². The Balaban J connectivity index is 2.25. The van der Waals surface area contributed by atoms with Gasteiger partial charge in [-0.2, -0.15) is 0 Å². The fraction of sp³-hybridized carbons (Fsp3) is 0.600. The number of nitrogens with zero attached hydrogens (tertiary/aromatic N) is 1. The topological polar surface area (TPSA) is 47.7 Å². The van der Waals surface area contributed by atoms with Crippen LogP contribution in [0.4, 0.5) is 11.4 Å². The van der Waals surface area contributed by atoms with Crippen LogP contribution in [0.3, 0.4) is 0 Å². The van der Waals surface area contributed by atoms with Crippen molar-refractivity contribution < 1.29 is 9.47 Å². The molecule has 4 nitrogen and oxygen atoms in total. The van der Waals surface area contributed by atoms with Crippen LogP contribution in [0.5, 0.6) is 5.75 Å². The van der Waals surface area contributed by atoms with E-state index < -0.39 is 0 Å². The maximum Gasteiger partial charge on any atom is 0.123 e. The van der Waals surface area contributed by atoms with Gasteiger partial charge in [-0.15, -0.1) is 0 Å². The molecule has 2 unspecified atom stereocenters. The van der Waals surface area contributed by atoms with Crippen molar-refractivity contribution in [3.8, 4) is 5.75 Å². The molecule has 2 N–H and O–H groups in total. The lowest BCUT2D eigenvalue weighted by Gasteiger charge is -2.38. The Morgan fingerprint density at radius 3 is 2.74 bits per heavy atom. The van der Waals surface area contributed by atoms with Crippen LogP contribution in [0, 0.1) is 0 Å². The summed E-state index contributed by atoms with van der Waals surface area (Å²) in [7, 11) is 0. The molecule has 4 heteroatoms. The summed E-state index contributed by atoms with van der Waals surface area (Å²) >= 11 is 0. The molecule has 1 aliphatic heterocycles. The summed E-state index contributed by atoms with van der Waals surface area (Å²) in [6.45, 7) is 9.92. The monoisotopic (exact) mass is 264 g/mol. The quantitative estimate of drug-likeness (QED) is 0.853. The number of rotatable bonds is 3. The van der Waals surface area contributed by atoms with Crippen molar-refractivity contribution in [2.45, 2.75) is 45.9 Å². The number of nitrogens with two attached hydrogens (primary N) is 1. The van der Waals surface area contributed by atoms with Gasteiger partial charge in [0.25, 0.3) is 0 Å². The van der Waals surface area contributed by atoms with E-state index >= 15 is 0 Å². The van der Waals surface area contributed by atoms with E-state index in [1.807, 2.05) is 26.0 Å². The summed E-state index contributed by atoms with van der Waals surface area (Å²) in [4.78, 5) is 2.33. The number of anilines is 2. The minimum absolute atomic E-state index is 0.149. The predicted octanol–water partition coefficient (Wildman–Crippen LogP) is 2.67. The van der Waals surface area contributed by atoms with Crippen molar-refractivity contribution in [3.63, 3.8) is 0 Å². The van der Waals surface area contributed by atoms with E-state index in [2.05, 4.69) is 24.8 Å². The highest BCUT2D eigenvalue weighted by atomic mass is 16.5. The van der Waals surface area contributed by atoms with Gasteiger partial charge in [-0.1, -0.05) is 0 Å². The number of nitrogen functional groups attached to an aromatic ring is 1. The highest BCUT2D eigenvalue weighted by Gasteiger charge is 2.24. The molecule has 1 saturated heterocycles. The minimum atomic E-state index is 0.149. The highest BCUT2D eigenvalue weighted by Crippen LogP contribution is 2.29. The Labute approximate surface area is 115 Å². The smallest absolute Gasteiger partial charge is 0.123 e. The Kier molecular flexibility index (Phi) is 4.20. The van der Waals surface area contributed by atoms with E-state index in [0.717, 1.165) is 30.3 Å². The van der Waals surface area contributed by atoms with Gasteiger partial charge in [-0.05, 0) is 33.8 Å². The average molecular weight is 264 g/mol. The van der Waals surface area contributed by atoms with Gasteiger partial charge in [0, 0.05) is 36.1 Å². The molecule has 1 fully saturated rings. The van der Waals surface area contributed by atoms with E-state index in [-0.39, 0.29) is 12.2 Å². The van der Waals surface area contributed by atoms with E-state index in [0.29, 0.717) is 6.04 Å². The molecule has 0 aromatic heterocycles. The molecular formula is C15H24N2O2. The Morgan fingerprint density at radius 1 is 1.32 bits per heavy atom. The van der Waals surface area contributed by atoms with Gasteiger partial charge in [0.05, 0.1) is 18.8 Å². The second kappa shape index (κ2) is 5.70. The maximum absolute atomic E-state index is 5.98. The van der Waals surface area contributed by atoms with Crippen molar-refractivity contribution >= 4 is 11.4 Å². The Bertz CT molecular complexity index is 434. The first-order valence-corrected chi connectivity index (χ1v) is 6.91. The molecule has 2 rings (SSSR count). The van der Waals surface area contributed by atoms with Gasteiger partial charge in [0.15, 0.2) is 0 Å². The number of ether oxygens (including phenoxy) is 2. The lowest BCUT2D eigenvalue weighted by Crippen LogP contribution is -2.47. The zero-order chi connectivity index (χ0) is 14.0. The highest BCUT2D eigenvalue weighted by molar-refractivity contribution is 5.61. The van der Waals surface area contributed by atoms with E-state index in [1.54, 1.807) is 0 Å². The molecule has 1 heterocycles. The van der Waals surface area contributed by atoms with Crippen LogP contribution in [0.25, 0.3) is 0 Å². The van der Waals surface area contributed by atoms with Gasteiger partial charge in [-0.3, -0.25) is 0 Å². The van der Waals surface area contributed by atoms with E-state index in [4.69, 9.17) is 15.2 Å². The Morgan fingerprint density at radius 2 is 2.05 bits per heavy atom. The molecule has 0 spiro atoms. The molecule has 1 aromatic carbocycles. The zero-order valence-electron chi connectivity index (χ0n) is 12.2. The third kappa shape index (κ3) is 3.53. The van der Waals surface area contributed by atoms with Gasteiger partial charge in [0.1, 0.15) is 5.75 Å². The Hall–Kier alpha value is -1.42. The van der Waals surface area contributed by atoms with E-state index in [1.165, 1.54) is 0 Å². The molecule has 106 valence electrons. The zero-order valence-corrected chi connectivity index (χ0v) is 12.2. The lowest BCUT2D eigenvalue weighted by molar-refractivity contribution is 0.0343. The molecular weight excluding hydrogens is 240 g/mol. The van der Waals surface area contributed by atoms with Crippen molar-refractivity contribution in [1.82, 2.24) is 0 Å². The molecule has 0 amide bonds. The van der Waals surface area contributed by atoms with Crippen LogP contribution in [0.15, 0.2) is 18.2 Å². The standard InChI is InChI=1S/C15H24N2O2/c1-10(2)19-15-6-13(16)5-14(7-15)17-8-12(4)18-9-11(17)3/h5-7,10-12H,8-9,16H2,1-4H3. The first kappa shape index (κ1) is 14.0. The van der Waals surface area contributed by atoms with Crippen LogP contribution >= 0.6 is 0 Å². The number of benzene rings is 1. The largest absolute Gasteiger partial charge is 0.491 e. The number of hydrogen-bond acceptors (Lipinski definition) is 4. The van der Waals surface area contributed by atoms with Gasteiger partial charge in [0.2, 0.25) is 0 Å². The summed E-state index contributed by atoms with van der Waals surface area (Å²) in [6.07, 6.45) is 0.391. The molecule has 0 bridgehead atoms. The fourth-order valence-corrected chi connectivity index (χ4v) is 2.37. The lowest BCUT2D eigenvalue weighted by atomic mass is 10.1. The van der Waals surface area contributed by atoms with Crippen molar-refractivity contribution in [1.29, 1.82) is 0 Å². The predicted molar refractivity (Wildman–Crippen MR) is 78.8 cm³/mol. The van der Waals surface area contributed by atoms with Gasteiger partial charge >= 0.3 is 0 Å². The van der Waals surface area contributed by atoms with Crippen LogP contribution in [-0.2, 0) is 4.74 Å². The second-order valence-electron chi connectivity index (χ2n) is 5.57. The fourth-order valence-electron chi connectivity index (χ4n) is 2.37. The SMILES string of the molecule is CC(C)Oc1cc(N)cc(N2CC(C)OCC2C)c1. The molecule has 2 atom stereocenters. The summed E-state index contributed by atoms with van der Waals surface area (Å²) in [5.41, 5.74) is 7.83. The van der Waals surface area contributed by atoms with Crippen LogP contribution < -0.4 is 15.4 Å². The van der Waals surface area contributed by atoms with Gasteiger partial charge < -0.3 is 20.1 Å². The minimum Gasteiger partial charge on any atom is -0.491 e. The van der Waals surface area contributed by atoms with Crippen LogP contribution in [-0.4, -0.2) is 31.4 Å². The molecule has 0 saturated carbocycles. The second-order valence-corrected chi connectivity index (χ2v) is 5.57. The molecule has 19 heavy (non-hydrogen) atoms. The molecule has 1 aliphatic rings. The van der Waals surface area contributed by atoms with Crippen molar-refractivity contribution in [2.75, 3.05) is 23.8 Å². The average Bonchev–Trinajstić information content (AvgIpc) is 2.30. The number of hydrogen-bond donors (Lipinski definition) is 1. The normalized spacial score (nSPS) is 23.7. The van der Waals surface area contributed by atoms with Crippen LogP contribution in [0.1, 0.15) is 27.7 Å². The van der Waals surface area contributed by atoms with E-state index in [9.17, 15) is 0 Å². The summed E-state index contributed by atoms with van der Waals surface area (Å²) in [6, 6.07) is 6.29. The molecule has 0 aliphatic carbocycles. The first-order chi connectivity index (χ1) is 8.95. The summed E-state index contributed by atoms with van der Waals surface area (Å²) in [5, 5.41) is 0.